The molecule has 2 amide bonds. The first-order valence-electron chi connectivity index (χ1n) is 9.46. The van der Waals surface area contributed by atoms with Gasteiger partial charge in [-0.1, -0.05) is 34.1 Å². The third-order valence-electron chi connectivity index (χ3n) is 4.65. The minimum absolute atomic E-state index is 0.0212. The van der Waals surface area contributed by atoms with Crippen LogP contribution >= 0.6 is 15.9 Å². The number of methoxy groups -OCH3 is 1. The van der Waals surface area contributed by atoms with Crippen LogP contribution in [0.2, 0.25) is 0 Å². The molecule has 0 bridgehead atoms. The molecule has 0 fully saturated rings. The molecule has 0 aliphatic carbocycles. The first kappa shape index (κ1) is 22.3. The number of anilines is 1. The van der Waals surface area contributed by atoms with E-state index in [4.69, 9.17) is 9.15 Å². The maximum absolute atomic E-state index is 13.0. The highest BCUT2D eigenvalue weighted by molar-refractivity contribution is 9.10. The number of amides is 2. The monoisotopic (exact) mass is 484 g/mol. The molecule has 2 aromatic carbocycles. The van der Waals surface area contributed by atoms with E-state index in [0.29, 0.717) is 11.3 Å². The first-order chi connectivity index (χ1) is 14.9. The SMILES string of the molecule is COC(=O)CC(NC(=O)c1ccc(C)c(NC(=O)c2ccco2)c1)c1cccc(Br)c1. The number of esters is 1. The number of halogens is 1. The van der Waals surface area contributed by atoms with E-state index in [1.165, 1.54) is 13.4 Å². The van der Waals surface area contributed by atoms with Gasteiger partial charge in [0, 0.05) is 15.7 Å². The summed E-state index contributed by atoms with van der Waals surface area (Å²) >= 11 is 3.40. The molecule has 2 N–H and O–H groups in total. The van der Waals surface area contributed by atoms with Gasteiger partial charge in [0.25, 0.3) is 11.8 Å². The van der Waals surface area contributed by atoms with Crippen LogP contribution in [-0.4, -0.2) is 24.9 Å². The van der Waals surface area contributed by atoms with Crippen molar-refractivity contribution < 1.29 is 23.5 Å². The Morgan fingerprint density at radius 2 is 1.87 bits per heavy atom. The van der Waals surface area contributed by atoms with Gasteiger partial charge in [0.2, 0.25) is 0 Å². The standard InChI is InChI=1S/C23H21BrN2O5/c1-14-8-9-16(12-18(14)25-23(29)20-7-4-10-31-20)22(28)26-19(13-21(27)30-2)15-5-3-6-17(24)11-15/h3-12,19H,13H2,1-2H3,(H,25,29)(H,26,28). The van der Waals surface area contributed by atoms with Crippen LogP contribution in [-0.2, 0) is 9.53 Å². The summed E-state index contributed by atoms with van der Waals surface area (Å²) in [5.41, 5.74) is 2.37. The smallest absolute Gasteiger partial charge is 0.307 e. The van der Waals surface area contributed by atoms with Crippen molar-refractivity contribution in [3.8, 4) is 0 Å². The maximum atomic E-state index is 13.0. The second kappa shape index (κ2) is 10.1. The van der Waals surface area contributed by atoms with Crippen LogP contribution < -0.4 is 10.6 Å². The summed E-state index contributed by atoms with van der Waals surface area (Å²) in [5, 5.41) is 5.63. The lowest BCUT2D eigenvalue weighted by Crippen LogP contribution is -2.30. The molecular weight excluding hydrogens is 464 g/mol. The van der Waals surface area contributed by atoms with Gasteiger partial charge in [-0.3, -0.25) is 14.4 Å². The second-order valence-electron chi connectivity index (χ2n) is 6.82. The summed E-state index contributed by atoms with van der Waals surface area (Å²) in [6.45, 7) is 1.82. The number of benzene rings is 2. The molecule has 0 saturated carbocycles. The van der Waals surface area contributed by atoms with Gasteiger partial charge in [-0.25, -0.2) is 0 Å². The third-order valence-corrected chi connectivity index (χ3v) is 5.14. The lowest BCUT2D eigenvalue weighted by Gasteiger charge is -2.19. The van der Waals surface area contributed by atoms with Crippen molar-refractivity contribution in [2.24, 2.45) is 0 Å². The Hall–Kier alpha value is -3.39. The predicted molar refractivity (Wildman–Crippen MR) is 119 cm³/mol. The van der Waals surface area contributed by atoms with E-state index in [1.807, 2.05) is 31.2 Å². The molecule has 1 atom stereocenters. The van der Waals surface area contributed by atoms with Gasteiger partial charge in [-0.15, -0.1) is 0 Å². The molecule has 3 aromatic rings. The average molecular weight is 485 g/mol. The summed E-state index contributed by atoms with van der Waals surface area (Å²) in [5.74, 6) is -1.08. The van der Waals surface area contributed by atoms with Crippen molar-refractivity contribution in [3.63, 3.8) is 0 Å². The van der Waals surface area contributed by atoms with E-state index in [1.54, 1.807) is 30.3 Å². The highest BCUT2D eigenvalue weighted by Gasteiger charge is 2.21. The van der Waals surface area contributed by atoms with Gasteiger partial charge in [0.15, 0.2) is 5.76 Å². The molecule has 0 aliphatic rings. The zero-order valence-corrected chi connectivity index (χ0v) is 18.6. The predicted octanol–water partition coefficient (Wildman–Crippen LogP) is 4.64. The fourth-order valence-corrected chi connectivity index (χ4v) is 3.37. The van der Waals surface area contributed by atoms with Gasteiger partial charge >= 0.3 is 5.97 Å². The van der Waals surface area contributed by atoms with Crippen molar-refractivity contribution >= 4 is 39.4 Å². The molecule has 0 saturated heterocycles. The van der Waals surface area contributed by atoms with Gasteiger partial charge in [0.05, 0.1) is 25.8 Å². The van der Waals surface area contributed by atoms with E-state index >= 15 is 0 Å². The Morgan fingerprint density at radius 3 is 2.55 bits per heavy atom. The van der Waals surface area contributed by atoms with Crippen LogP contribution in [0.1, 0.15) is 44.5 Å². The van der Waals surface area contributed by atoms with E-state index in [2.05, 4.69) is 26.6 Å². The zero-order valence-electron chi connectivity index (χ0n) is 17.0. The molecule has 7 nitrogen and oxygen atoms in total. The molecule has 0 radical (unpaired) electrons. The maximum Gasteiger partial charge on any atom is 0.307 e. The van der Waals surface area contributed by atoms with Gasteiger partial charge in [0.1, 0.15) is 0 Å². The minimum Gasteiger partial charge on any atom is -0.469 e. The van der Waals surface area contributed by atoms with Gasteiger partial charge in [-0.05, 0) is 54.4 Å². The lowest BCUT2D eigenvalue weighted by atomic mass is 10.0. The molecule has 0 spiro atoms. The number of hydrogen-bond donors (Lipinski definition) is 2. The molecule has 8 heteroatoms. The summed E-state index contributed by atoms with van der Waals surface area (Å²) in [4.78, 5) is 37.1. The van der Waals surface area contributed by atoms with Crippen LogP contribution in [0, 0.1) is 6.92 Å². The fraction of sp³-hybridized carbons (Fsp3) is 0.174. The van der Waals surface area contributed by atoms with Gasteiger partial charge in [-0.2, -0.15) is 0 Å². The number of nitrogens with one attached hydrogen (secondary N) is 2. The summed E-state index contributed by atoms with van der Waals surface area (Å²) in [7, 11) is 1.30. The van der Waals surface area contributed by atoms with E-state index in [0.717, 1.165) is 15.6 Å². The van der Waals surface area contributed by atoms with Gasteiger partial charge < -0.3 is 19.8 Å². The Balaban J connectivity index is 1.81. The Labute approximate surface area is 187 Å². The summed E-state index contributed by atoms with van der Waals surface area (Å²) in [6, 6.07) is 14.9. The number of carbonyl (C=O) groups is 3. The number of rotatable bonds is 7. The highest BCUT2D eigenvalue weighted by atomic mass is 79.9. The van der Waals surface area contributed by atoms with E-state index in [9.17, 15) is 14.4 Å². The fourth-order valence-electron chi connectivity index (χ4n) is 2.96. The third kappa shape index (κ3) is 5.82. The number of ether oxygens (including phenoxy) is 1. The second-order valence-corrected chi connectivity index (χ2v) is 7.74. The minimum atomic E-state index is -0.583. The topological polar surface area (TPSA) is 97.6 Å². The number of furan rings is 1. The first-order valence-corrected chi connectivity index (χ1v) is 10.3. The Morgan fingerprint density at radius 1 is 1.06 bits per heavy atom. The van der Waals surface area contributed by atoms with Crippen LogP contribution in [0.25, 0.3) is 0 Å². The van der Waals surface area contributed by atoms with E-state index in [-0.39, 0.29) is 18.1 Å². The zero-order chi connectivity index (χ0) is 22.4. The van der Waals surface area contributed by atoms with Crippen LogP contribution in [0.15, 0.2) is 69.8 Å². The van der Waals surface area contributed by atoms with Crippen LogP contribution in [0.3, 0.4) is 0 Å². The molecule has 0 aliphatic heterocycles. The summed E-state index contributed by atoms with van der Waals surface area (Å²) in [6.07, 6.45) is 1.39. The number of hydrogen-bond acceptors (Lipinski definition) is 5. The normalized spacial score (nSPS) is 11.5. The summed E-state index contributed by atoms with van der Waals surface area (Å²) < 4.78 is 10.7. The number of carbonyl (C=O) groups excluding carboxylic acids is 3. The van der Waals surface area contributed by atoms with Crippen LogP contribution in [0.5, 0.6) is 0 Å². The number of aryl methyl sites for hydroxylation is 1. The van der Waals surface area contributed by atoms with Crippen molar-refractivity contribution in [2.75, 3.05) is 12.4 Å². The highest BCUT2D eigenvalue weighted by Crippen LogP contribution is 2.23. The van der Waals surface area contributed by atoms with E-state index < -0.39 is 17.9 Å². The van der Waals surface area contributed by atoms with Crippen molar-refractivity contribution in [1.82, 2.24) is 5.32 Å². The molecule has 31 heavy (non-hydrogen) atoms. The van der Waals surface area contributed by atoms with Crippen molar-refractivity contribution in [1.29, 1.82) is 0 Å². The molecule has 3 rings (SSSR count). The van der Waals surface area contributed by atoms with Crippen LogP contribution in [0.4, 0.5) is 5.69 Å². The molecular formula is C23H21BrN2O5. The largest absolute Gasteiger partial charge is 0.469 e. The van der Waals surface area contributed by atoms with Crippen molar-refractivity contribution in [3.05, 3.63) is 87.8 Å². The molecule has 160 valence electrons. The lowest BCUT2D eigenvalue weighted by molar-refractivity contribution is -0.141. The molecule has 1 aromatic heterocycles. The molecule has 1 unspecified atom stereocenters. The quantitative estimate of drug-likeness (QED) is 0.476. The Kier molecular flexibility index (Phi) is 7.25. The molecule has 1 heterocycles. The van der Waals surface area contributed by atoms with Crippen molar-refractivity contribution in [2.45, 2.75) is 19.4 Å². The Bertz CT molecular complexity index is 1100. The average Bonchev–Trinajstić information content (AvgIpc) is 3.29.